The van der Waals surface area contributed by atoms with Crippen molar-refractivity contribution >= 4 is 28.7 Å². The molecule has 5 heterocycles. The molecule has 13 heteroatoms. The lowest BCUT2D eigenvalue weighted by atomic mass is 10.0. The van der Waals surface area contributed by atoms with Crippen LogP contribution in [0.2, 0.25) is 0 Å². The second kappa shape index (κ2) is 14.9. The summed E-state index contributed by atoms with van der Waals surface area (Å²) in [5.41, 5.74) is 11.5. The number of piperidine rings is 2. The quantitative estimate of drug-likeness (QED) is 0.124. The summed E-state index contributed by atoms with van der Waals surface area (Å²) in [5.74, 6) is -0.222. The van der Waals surface area contributed by atoms with Crippen LogP contribution in [0.3, 0.4) is 0 Å². The van der Waals surface area contributed by atoms with Crippen LogP contribution in [0, 0.1) is 0 Å². The number of carbonyl (C=O) groups excluding carboxylic acids is 2. The Kier molecular flexibility index (Phi) is 9.98. The van der Waals surface area contributed by atoms with E-state index in [4.69, 9.17) is 5.73 Å². The summed E-state index contributed by atoms with van der Waals surface area (Å²) < 4.78 is 5.25. The SMILES string of the molecule is Cn1c(=O)n(C2CCC(=O)NC2=O)c2cccc(CCCCCCCN3CCC(n4cc(-c5cc(-c6ccccc6O)nnc5N)cn4)CC3)c21. The number of aromatic hydroxyl groups is 1. The van der Waals surface area contributed by atoms with E-state index in [1.54, 1.807) is 34.4 Å². The van der Waals surface area contributed by atoms with Crippen molar-refractivity contribution in [2.24, 2.45) is 7.05 Å². The zero-order valence-electron chi connectivity index (χ0n) is 29.0. The first-order valence-electron chi connectivity index (χ1n) is 18.0. The van der Waals surface area contributed by atoms with Gasteiger partial charge in [-0.25, -0.2) is 4.79 Å². The highest BCUT2D eigenvalue weighted by atomic mass is 16.3. The molecule has 0 bridgehead atoms. The minimum absolute atomic E-state index is 0.145. The van der Waals surface area contributed by atoms with Crippen molar-refractivity contribution in [1.82, 2.24) is 39.3 Å². The number of nitrogens with two attached hydrogens (primary N) is 1. The van der Waals surface area contributed by atoms with Gasteiger partial charge in [0, 0.05) is 49.4 Å². The summed E-state index contributed by atoms with van der Waals surface area (Å²) in [4.78, 5) is 40.0. The van der Waals surface area contributed by atoms with Gasteiger partial charge in [0.05, 0.1) is 29.0 Å². The second-order valence-corrected chi connectivity index (χ2v) is 13.8. The zero-order chi connectivity index (χ0) is 35.5. The molecule has 5 aromatic rings. The number of aromatic nitrogens is 6. The number of carbonyl (C=O) groups is 2. The van der Waals surface area contributed by atoms with Crippen molar-refractivity contribution in [2.45, 2.75) is 76.3 Å². The van der Waals surface area contributed by atoms with Gasteiger partial charge in [-0.15, -0.1) is 10.2 Å². The lowest BCUT2D eigenvalue weighted by Gasteiger charge is -2.32. The normalized spacial score (nSPS) is 17.3. The monoisotopic (exact) mass is 691 g/mol. The number of phenols is 1. The van der Waals surface area contributed by atoms with E-state index in [0.717, 1.165) is 85.9 Å². The Labute approximate surface area is 296 Å². The lowest BCUT2D eigenvalue weighted by molar-refractivity contribution is -0.135. The number of hydrogen-bond donors (Lipinski definition) is 3. The number of nitrogens with zero attached hydrogens (tertiary/aromatic N) is 7. The summed E-state index contributed by atoms with van der Waals surface area (Å²) in [6, 6.07) is 14.5. The van der Waals surface area contributed by atoms with Crippen molar-refractivity contribution < 1.29 is 14.7 Å². The van der Waals surface area contributed by atoms with Gasteiger partial charge in [-0.05, 0) is 74.9 Å². The maximum absolute atomic E-state index is 13.2. The molecule has 1 atom stereocenters. The number of nitrogen functional groups attached to an aromatic ring is 1. The van der Waals surface area contributed by atoms with Gasteiger partial charge in [0.15, 0.2) is 5.82 Å². The van der Waals surface area contributed by atoms with Crippen LogP contribution >= 0.6 is 0 Å². The number of hydrogen-bond acceptors (Lipinski definition) is 9. The topological polar surface area (TPSA) is 166 Å². The summed E-state index contributed by atoms with van der Waals surface area (Å²) in [7, 11) is 1.76. The van der Waals surface area contributed by atoms with Crippen LogP contribution in [0.15, 0.2) is 65.7 Å². The largest absolute Gasteiger partial charge is 0.507 e. The molecular formula is C38H45N9O4. The van der Waals surface area contributed by atoms with E-state index in [9.17, 15) is 19.5 Å². The molecule has 4 N–H and O–H groups in total. The Balaban J connectivity index is 0.852. The summed E-state index contributed by atoms with van der Waals surface area (Å²) in [5, 5.41) is 25.7. The molecule has 7 rings (SSSR count). The predicted octanol–water partition coefficient (Wildman–Crippen LogP) is 4.76. The van der Waals surface area contributed by atoms with E-state index in [2.05, 4.69) is 31.6 Å². The van der Waals surface area contributed by atoms with E-state index >= 15 is 0 Å². The standard InChI is InChI=1S/C38H45N9O4/c1-44-35-25(11-9-13-31(35)47(38(44)51)32-15-16-34(49)41-37(32)50)10-5-3-2-4-8-19-45-20-17-27(18-21-45)46-24-26(23-40-46)29-22-30(42-43-36(29)39)28-12-6-7-14-33(28)48/h6-7,9,11-14,22-24,27,32,48H,2-5,8,10,15-21H2,1H3,(H2,39,43)(H,41,49,50). The Hall–Kier alpha value is -5.30. The second-order valence-electron chi connectivity index (χ2n) is 13.8. The number of benzene rings is 2. The molecule has 0 aliphatic carbocycles. The number of imidazole rings is 1. The fraction of sp³-hybridized carbons (Fsp3) is 0.421. The van der Waals surface area contributed by atoms with Crippen molar-refractivity contribution in [3.8, 4) is 28.1 Å². The molecule has 2 aliphatic rings. The first-order valence-corrected chi connectivity index (χ1v) is 18.0. The van der Waals surface area contributed by atoms with Crippen LogP contribution in [-0.2, 0) is 23.1 Å². The van der Waals surface area contributed by atoms with Gasteiger partial charge in [-0.2, -0.15) is 5.10 Å². The molecule has 51 heavy (non-hydrogen) atoms. The van der Waals surface area contributed by atoms with E-state index in [1.807, 2.05) is 41.3 Å². The maximum atomic E-state index is 13.2. The van der Waals surface area contributed by atoms with E-state index in [1.165, 1.54) is 12.8 Å². The third kappa shape index (κ3) is 7.16. The summed E-state index contributed by atoms with van der Waals surface area (Å²) >= 11 is 0. The molecule has 1 unspecified atom stereocenters. The number of fused-ring (bicyclic) bond motifs is 1. The van der Waals surface area contributed by atoms with E-state index in [-0.39, 0.29) is 23.8 Å². The number of amides is 2. The highest BCUT2D eigenvalue weighted by Crippen LogP contribution is 2.33. The van der Waals surface area contributed by atoms with Crippen LogP contribution in [0.5, 0.6) is 5.75 Å². The number of para-hydroxylation sites is 2. The molecule has 13 nitrogen and oxygen atoms in total. The number of phenolic OH excluding ortho intramolecular Hbond substituents is 1. The molecular weight excluding hydrogens is 646 g/mol. The lowest BCUT2D eigenvalue weighted by Crippen LogP contribution is -2.44. The fourth-order valence-electron chi connectivity index (χ4n) is 7.67. The van der Waals surface area contributed by atoms with Gasteiger partial charge in [-0.1, -0.05) is 43.5 Å². The third-order valence-corrected chi connectivity index (χ3v) is 10.5. The molecule has 2 amide bonds. The van der Waals surface area contributed by atoms with Gasteiger partial charge in [0.2, 0.25) is 11.8 Å². The smallest absolute Gasteiger partial charge is 0.329 e. The van der Waals surface area contributed by atoms with Crippen LogP contribution in [0.1, 0.15) is 75.4 Å². The van der Waals surface area contributed by atoms with Gasteiger partial charge in [0.25, 0.3) is 0 Å². The molecule has 0 spiro atoms. The minimum atomic E-state index is -0.666. The number of nitrogens with one attached hydrogen (secondary N) is 1. The van der Waals surface area contributed by atoms with Crippen LogP contribution in [0.25, 0.3) is 33.4 Å². The summed E-state index contributed by atoms with van der Waals surface area (Å²) in [6.07, 6.45) is 13.0. The molecule has 0 saturated carbocycles. The number of unbranched alkanes of at least 4 members (excludes halogenated alkanes) is 4. The number of likely N-dealkylation sites (tertiary alicyclic amines) is 1. The van der Waals surface area contributed by atoms with Crippen molar-refractivity contribution in [3.63, 3.8) is 0 Å². The average Bonchev–Trinajstić information content (AvgIpc) is 3.72. The van der Waals surface area contributed by atoms with Crippen molar-refractivity contribution in [2.75, 3.05) is 25.4 Å². The molecule has 2 fully saturated rings. The van der Waals surface area contributed by atoms with Gasteiger partial charge in [-0.3, -0.25) is 28.7 Å². The fourth-order valence-corrected chi connectivity index (χ4v) is 7.67. The van der Waals surface area contributed by atoms with Gasteiger partial charge < -0.3 is 15.7 Å². The van der Waals surface area contributed by atoms with Crippen LogP contribution < -0.4 is 16.7 Å². The average molecular weight is 692 g/mol. The zero-order valence-corrected chi connectivity index (χ0v) is 29.0. The Bertz CT molecular complexity index is 2110. The third-order valence-electron chi connectivity index (χ3n) is 10.5. The van der Waals surface area contributed by atoms with Crippen LogP contribution in [0.4, 0.5) is 5.82 Å². The van der Waals surface area contributed by atoms with Crippen molar-refractivity contribution in [3.05, 3.63) is 77.0 Å². The first-order chi connectivity index (χ1) is 24.8. The van der Waals surface area contributed by atoms with Crippen LogP contribution in [-0.4, -0.2) is 70.6 Å². The number of anilines is 1. The molecule has 2 aromatic carbocycles. The Morgan fingerprint density at radius 3 is 2.51 bits per heavy atom. The molecule has 0 radical (unpaired) electrons. The molecule has 3 aromatic heterocycles. The molecule has 2 saturated heterocycles. The summed E-state index contributed by atoms with van der Waals surface area (Å²) in [6.45, 7) is 3.18. The number of rotatable bonds is 12. The number of imide groups is 1. The number of aryl methyl sites for hydroxylation is 2. The van der Waals surface area contributed by atoms with Gasteiger partial charge in [0.1, 0.15) is 11.8 Å². The molecule has 2 aliphatic heterocycles. The molecule has 266 valence electrons. The Morgan fingerprint density at radius 2 is 1.71 bits per heavy atom. The highest BCUT2D eigenvalue weighted by molar-refractivity contribution is 6.00. The predicted molar refractivity (Wildman–Crippen MR) is 195 cm³/mol. The van der Waals surface area contributed by atoms with Crippen molar-refractivity contribution in [1.29, 1.82) is 0 Å². The van der Waals surface area contributed by atoms with E-state index in [0.29, 0.717) is 29.5 Å². The highest BCUT2D eigenvalue weighted by Gasteiger charge is 2.31. The minimum Gasteiger partial charge on any atom is -0.507 e. The Morgan fingerprint density at radius 1 is 0.922 bits per heavy atom. The maximum Gasteiger partial charge on any atom is 0.329 e. The van der Waals surface area contributed by atoms with E-state index < -0.39 is 11.9 Å². The van der Waals surface area contributed by atoms with Gasteiger partial charge >= 0.3 is 5.69 Å². The first kappa shape index (κ1) is 34.2.